The second-order valence-electron chi connectivity index (χ2n) is 1.63. The van der Waals surface area contributed by atoms with Gasteiger partial charge >= 0.3 is 0 Å². The molecule has 1 nitrogen and oxygen atoms in total. The standard InChI is InChI=1S/C4H8N.Pt/c5-4-2-1-3-4;/h4-5H,1-3H2;/q-1;. The zero-order valence-corrected chi connectivity index (χ0v) is 5.79. The molecule has 1 N–H and O–H groups in total. The van der Waals surface area contributed by atoms with E-state index in [-0.39, 0.29) is 21.1 Å². The fourth-order valence-electron chi connectivity index (χ4n) is 0.408. The van der Waals surface area contributed by atoms with E-state index in [4.69, 9.17) is 5.73 Å². The first kappa shape index (κ1) is 6.65. The summed E-state index contributed by atoms with van der Waals surface area (Å²) in [4.78, 5) is 0. The van der Waals surface area contributed by atoms with Crippen LogP contribution in [0.3, 0.4) is 0 Å². The van der Waals surface area contributed by atoms with Gasteiger partial charge in [0.2, 0.25) is 0 Å². The van der Waals surface area contributed by atoms with Crippen molar-refractivity contribution >= 4 is 0 Å². The van der Waals surface area contributed by atoms with Crippen LogP contribution in [0.25, 0.3) is 5.73 Å². The molecule has 0 amide bonds. The Morgan fingerprint density at radius 1 is 1.33 bits per heavy atom. The maximum Gasteiger partial charge on any atom is 0 e. The molecule has 0 spiro atoms. The van der Waals surface area contributed by atoms with Crippen molar-refractivity contribution in [1.29, 1.82) is 0 Å². The first-order valence-corrected chi connectivity index (χ1v) is 2.11. The fourth-order valence-corrected chi connectivity index (χ4v) is 0.408. The van der Waals surface area contributed by atoms with E-state index in [2.05, 4.69) is 0 Å². The predicted molar refractivity (Wildman–Crippen MR) is 22.0 cm³/mol. The summed E-state index contributed by atoms with van der Waals surface area (Å²) in [6.45, 7) is 0. The number of rotatable bonds is 0. The molecule has 0 radical (unpaired) electrons. The molecule has 1 aliphatic rings. The van der Waals surface area contributed by atoms with Gasteiger partial charge in [-0.05, 0) is 0 Å². The van der Waals surface area contributed by atoms with Gasteiger partial charge in [0.05, 0.1) is 0 Å². The number of hydrogen-bond acceptors (Lipinski definition) is 0. The quantitative estimate of drug-likeness (QED) is 0.635. The van der Waals surface area contributed by atoms with E-state index < -0.39 is 0 Å². The number of hydrogen-bond donors (Lipinski definition) is 0. The van der Waals surface area contributed by atoms with Crippen LogP contribution < -0.4 is 0 Å². The third-order valence-electron chi connectivity index (χ3n) is 1.11. The van der Waals surface area contributed by atoms with Gasteiger partial charge in [0.15, 0.2) is 0 Å². The van der Waals surface area contributed by atoms with E-state index >= 15 is 0 Å². The average molecular weight is 265 g/mol. The van der Waals surface area contributed by atoms with Crippen LogP contribution in [0.1, 0.15) is 19.3 Å². The topological polar surface area (TPSA) is 23.8 Å². The van der Waals surface area contributed by atoms with Crippen molar-refractivity contribution in [1.82, 2.24) is 0 Å². The van der Waals surface area contributed by atoms with Gasteiger partial charge in [-0.1, -0.05) is 19.3 Å². The van der Waals surface area contributed by atoms with E-state index in [1.54, 1.807) is 0 Å². The van der Waals surface area contributed by atoms with E-state index in [1.807, 2.05) is 0 Å². The Balaban J connectivity index is 0.000000250. The van der Waals surface area contributed by atoms with E-state index in [1.165, 1.54) is 6.42 Å². The molecule has 0 atom stereocenters. The van der Waals surface area contributed by atoms with Gasteiger partial charge in [-0.2, -0.15) is 0 Å². The maximum atomic E-state index is 6.91. The van der Waals surface area contributed by atoms with Crippen LogP contribution in [0.2, 0.25) is 0 Å². The Kier molecular flexibility index (Phi) is 3.06. The smallest absolute Gasteiger partial charge is 0 e. The van der Waals surface area contributed by atoms with Crippen LogP contribution in [0.4, 0.5) is 0 Å². The Labute approximate surface area is 52.6 Å². The first-order chi connectivity index (χ1) is 2.39. The maximum absolute atomic E-state index is 6.91. The molecule has 2 heteroatoms. The molecule has 0 unspecified atom stereocenters. The van der Waals surface area contributed by atoms with Gasteiger partial charge in [-0.3, -0.25) is 0 Å². The second kappa shape index (κ2) is 2.76. The molecular formula is C4H8NPt-. The van der Waals surface area contributed by atoms with Gasteiger partial charge in [0.25, 0.3) is 0 Å². The molecule has 1 rings (SSSR count). The Morgan fingerprint density at radius 3 is 1.67 bits per heavy atom. The molecule has 0 aliphatic heterocycles. The third kappa shape index (κ3) is 1.40. The minimum absolute atomic E-state index is 0. The Bertz CT molecular complexity index is 34.5. The van der Waals surface area contributed by atoms with E-state index in [0.29, 0.717) is 6.04 Å². The first-order valence-electron chi connectivity index (χ1n) is 2.11. The summed E-state index contributed by atoms with van der Waals surface area (Å²) in [5, 5.41) is 0. The molecule has 1 saturated carbocycles. The third-order valence-corrected chi connectivity index (χ3v) is 1.11. The van der Waals surface area contributed by atoms with Crippen molar-refractivity contribution in [3.63, 3.8) is 0 Å². The second-order valence-corrected chi connectivity index (χ2v) is 1.63. The molecule has 1 fully saturated rings. The molecule has 0 aromatic heterocycles. The van der Waals surface area contributed by atoms with Crippen molar-refractivity contribution in [2.24, 2.45) is 0 Å². The van der Waals surface area contributed by atoms with Gasteiger partial charge in [-0.15, -0.1) is 6.04 Å². The molecule has 6 heavy (non-hydrogen) atoms. The summed E-state index contributed by atoms with van der Waals surface area (Å²) in [6, 6.07) is 0.315. The summed E-state index contributed by atoms with van der Waals surface area (Å²) < 4.78 is 0. The van der Waals surface area contributed by atoms with Crippen molar-refractivity contribution in [2.45, 2.75) is 25.3 Å². The van der Waals surface area contributed by atoms with E-state index in [0.717, 1.165) is 12.8 Å². The largest absolute Gasteiger partial charge is 0.675 e. The van der Waals surface area contributed by atoms with Crippen LogP contribution >= 0.6 is 0 Å². The van der Waals surface area contributed by atoms with E-state index in [9.17, 15) is 0 Å². The minimum Gasteiger partial charge on any atom is -0.675 e. The summed E-state index contributed by atoms with van der Waals surface area (Å²) >= 11 is 0. The van der Waals surface area contributed by atoms with Crippen molar-refractivity contribution in [3.05, 3.63) is 5.73 Å². The van der Waals surface area contributed by atoms with Crippen molar-refractivity contribution in [3.8, 4) is 0 Å². The van der Waals surface area contributed by atoms with Gasteiger partial charge in [-0.25, -0.2) is 0 Å². The molecule has 0 saturated heterocycles. The zero-order valence-electron chi connectivity index (χ0n) is 3.51. The zero-order chi connectivity index (χ0) is 3.70. The summed E-state index contributed by atoms with van der Waals surface area (Å²) in [5.41, 5.74) is 6.91. The molecular weight excluding hydrogens is 257 g/mol. The molecule has 40 valence electrons. The van der Waals surface area contributed by atoms with Crippen LogP contribution in [0, 0.1) is 0 Å². The van der Waals surface area contributed by atoms with Crippen molar-refractivity contribution in [2.75, 3.05) is 0 Å². The SMILES string of the molecule is [NH-]C1CCC1.[Pt]. The monoisotopic (exact) mass is 265 g/mol. The molecule has 0 aromatic rings. The van der Waals surface area contributed by atoms with Gasteiger partial charge < -0.3 is 5.73 Å². The van der Waals surface area contributed by atoms with Crippen LogP contribution in [0.15, 0.2) is 0 Å². The predicted octanol–water partition coefficient (Wildman–Crippen LogP) is 1.59. The molecule has 0 heterocycles. The molecule has 0 aromatic carbocycles. The average Bonchev–Trinajstić information content (AvgIpc) is 1.30. The van der Waals surface area contributed by atoms with Gasteiger partial charge in [0, 0.05) is 21.1 Å². The number of nitrogens with one attached hydrogen (secondary N) is 1. The van der Waals surface area contributed by atoms with Gasteiger partial charge in [0.1, 0.15) is 0 Å². The van der Waals surface area contributed by atoms with Crippen LogP contribution in [0.5, 0.6) is 0 Å². The Hall–Kier alpha value is 0.648. The summed E-state index contributed by atoms with van der Waals surface area (Å²) in [7, 11) is 0. The fraction of sp³-hybridized carbons (Fsp3) is 1.00. The Morgan fingerprint density at radius 2 is 1.67 bits per heavy atom. The minimum atomic E-state index is 0. The molecule has 1 aliphatic carbocycles. The summed E-state index contributed by atoms with van der Waals surface area (Å²) in [5.74, 6) is 0. The van der Waals surface area contributed by atoms with Crippen LogP contribution in [-0.4, -0.2) is 6.04 Å². The van der Waals surface area contributed by atoms with Crippen LogP contribution in [-0.2, 0) is 21.1 Å². The summed E-state index contributed by atoms with van der Waals surface area (Å²) in [6.07, 6.45) is 3.61. The normalized spacial score (nSPS) is 21.5. The molecule has 0 bridgehead atoms. The van der Waals surface area contributed by atoms with Crippen molar-refractivity contribution < 1.29 is 21.1 Å².